The lowest BCUT2D eigenvalue weighted by molar-refractivity contribution is -0.385. The molecule has 0 saturated carbocycles. The summed E-state index contributed by atoms with van der Waals surface area (Å²) in [5.74, 6) is -1.30. The van der Waals surface area contributed by atoms with Crippen LogP contribution in [0.5, 0.6) is 0 Å². The molecule has 0 heterocycles. The molecule has 1 aromatic rings. The third kappa shape index (κ3) is 4.01. The van der Waals surface area contributed by atoms with E-state index in [0.717, 1.165) is 0 Å². The molecule has 0 fully saturated rings. The maximum atomic E-state index is 11.3. The van der Waals surface area contributed by atoms with Crippen molar-refractivity contribution >= 4 is 11.7 Å². The highest BCUT2D eigenvalue weighted by atomic mass is 16.6. The van der Waals surface area contributed by atoms with Crippen LogP contribution in [0.4, 0.5) is 5.69 Å². The van der Waals surface area contributed by atoms with E-state index in [1.54, 1.807) is 6.07 Å². The summed E-state index contributed by atoms with van der Waals surface area (Å²) >= 11 is 0. The molecule has 0 radical (unpaired) electrons. The molecule has 1 rings (SSSR count). The van der Waals surface area contributed by atoms with Crippen molar-refractivity contribution in [3.63, 3.8) is 0 Å². The van der Waals surface area contributed by atoms with Gasteiger partial charge in [0.2, 0.25) is 0 Å². The molecule has 0 aliphatic rings. The summed E-state index contributed by atoms with van der Waals surface area (Å²) < 4.78 is 0. The summed E-state index contributed by atoms with van der Waals surface area (Å²) in [5, 5.41) is 28.9. The third-order valence-electron chi connectivity index (χ3n) is 3.01. The number of hydrogen-bond acceptors (Lipinski definition) is 5. The molecule has 0 saturated heterocycles. The third-order valence-corrected chi connectivity index (χ3v) is 3.01. The maximum absolute atomic E-state index is 11.3. The molecule has 0 aliphatic heterocycles. The molecule has 0 amide bonds. The van der Waals surface area contributed by atoms with E-state index in [1.807, 2.05) is 11.8 Å². The van der Waals surface area contributed by atoms with Crippen molar-refractivity contribution in [3.05, 3.63) is 39.4 Å². The average Bonchev–Trinajstić information content (AvgIpc) is 2.42. The minimum Gasteiger partial charge on any atom is -0.477 e. The Morgan fingerprint density at radius 2 is 2.15 bits per heavy atom. The van der Waals surface area contributed by atoms with Crippen molar-refractivity contribution in [1.82, 2.24) is 4.90 Å². The van der Waals surface area contributed by atoms with Crippen LogP contribution in [0.2, 0.25) is 0 Å². The summed E-state index contributed by atoms with van der Waals surface area (Å²) in [7, 11) is 0. The molecule has 0 aliphatic carbocycles. The standard InChI is InChI=1S/C13H18N2O5/c1-2-14(7-4-8-16)9-10-5-3-6-11(15(19)20)12(10)13(17)18/h3,5-6,16H,2,4,7-9H2,1H3,(H,17,18). The zero-order valence-corrected chi connectivity index (χ0v) is 11.3. The smallest absolute Gasteiger partial charge is 0.343 e. The molecule has 7 nitrogen and oxygen atoms in total. The largest absolute Gasteiger partial charge is 0.477 e. The Labute approximate surface area is 116 Å². The van der Waals surface area contributed by atoms with E-state index >= 15 is 0 Å². The fraction of sp³-hybridized carbons (Fsp3) is 0.462. The summed E-state index contributed by atoms with van der Waals surface area (Å²) in [5.41, 5.74) is -0.250. The molecule has 0 atom stereocenters. The second-order valence-corrected chi connectivity index (χ2v) is 4.32. The maximum Gasteiger partial charge on any atom is 0.343 e. The topological polar surface area (TPSA) is 104 Å². The van der Waals surface area contributed by atoms with Crippen LogP contribution in [0.15, 0.2) is 18.2 Å². The van der Waals surface area contributed by atoms with Crippen molar-refractivity contribution in [2.45, 2.75) is 19.9 Å². The molecule has 7 heteroatoms. The van der Waals surface area contributed by atoms with Gasteiger partial charge in [-0.15, -0.1) is 0 Å². The first kappa shape index (κ1) is 16.1. The van der Waals surface area contributed by atoms with Gasteiger partial charge in [0.05, 0.1) is 4.92 Å². The Morgan fingerprint density at radius 3 is 2.65 bits per heavy atom. The number of nitro benzene ring substituents is 1. The van der Waals surface area contributed by atoms with Gasteiger partial charge in [-0.25, -0.2) is 4.79 Å². The first-order chi connectivity index (χ1) is 9.51. The zero-order chi connectivity index (χ0) is 15.1. The van der Waals surface area contributed by atoms with Gasteiger partial charge in [-0.1, -0.05) is 19.1 Å². The van der Waals surface area contributed by atoms with E-state index in [0.29, 0.717) is 31.6 Å². The van der Waals surface area contributed by atoms with Gasteiger partial charge >= 0.3 is 5.97 Å². The Morgan fingerprint density at radius 1 is 1.45 bits per heavy atom. The van der Waals surface area contributed by atoms with E-state index in [2.05, 4.69) is 0 Å². The number of aromatic carboxylic acids is 1. The van der Waals surface area contributed by atoms with E-state index < -0.39 is 16.6 Å². The van der Waals surface area contributed by atoms with Gasteiger partial charge in [0, 0.05) is 25.8 Å². The first-order valence-electron chi connectivity index (χ1n) is 6.34. The number of carboxylic acid groups (broad SMARTS) is 1. The van der Waals surface area contributed by atoms with Gasteiger partial charge < -0.3 is 10.2 Å². The highest BCUT2D eigenvalue weighted by Crippen LogP contribution is 2.23. The predicted octanol–water partition coefficient (Wildman–Crippen LogP) is 1.50. The van der Waals surface area contributed by atoms with Crippen molar-refractivity contribution in [2.24, 2.45) is 0 Å². The number of benzene rings is 1. The van der Waals surface area contributed by atoms with Crippen LogP contribution in [0.1, 0.15) is 29.3 Å². The summed E-state index contributed by atoms with van der Waals surface area (Å²) in [6.45, 7) is 3.54. The second-order valence-electron chi connectivity index (χ2n) is 4.32. The fourth-order valence-corrected chi connectivity index (χ4v) is 2.00. The minimum atomic E-state index is -1.30. The Hall–Kier alpha value is -1.99. The quantitative estimate of drug-likeness (QED) is 0.553. The lowest BCUT2D eigenvalue weighted by Gasteiger charge is -2.20. The Bertz CT molecular complexity index is 490. The van der Waals surface area contributed by atoms with Gasteiger partial charge in [-0.2, -0.15) is 0 Å². The Balaban J connectivity index is 3.07. The number of rotatable bonds is 8. The number of hydrogen-bond donors (Lipinski definition) is 2. The lowest BCUT2D eigenvalue weighted by Crippen LogP contribution is -2.26. The van der Waals surface area contributed by atoms with Crippen LogP contribution < -0.4 is 0 Å². The zero-order valence-electron chi connectivity index (χ0n) is 11.3. The van der Waals surface area contributed by atoms with Crippen LogP contribution in [0, 0.1) is 10.1 Å². The number of aliphatic hydroxyl groups excluding tert-OH is 1. The highest BCUT2D eigenvalue weighted by Gasteiger charge is 2.24. The summed E-state index contributed by atoms with van der Waals surface area (Å²) in [6.07, 6.45) is 0.575. The van der Waals surface area contributed by atoms with Crippen LogP contribution >= 0.6 is 0 Å². The molecule has 1 aromatic carbocycles. The lowest BCUT2D eigenvalue weighted by atomic mass is 10.0. The van der Waals surface area contributed by atoms with Gasteiger partial charge in [0.1, 0.15) is 5.56 Å². The number of nitro groups is 1. The normalized spacial score (nSPS) is 10.8. The SMILES string of the molecule is CCN(CCCO)Cc1cccc([N+](=O)[O-])c1C(=O)O. The molecular weight excluding hydrogens is 264 g/mol. The summed E-state index contributed by atoms with van der Waals surface area (Å²) in [6, 6.07) is 4.26. The monoisotopic (exact) mass is 282 g/mol. The minimum absolute atomic E-state index is 0.0528. The molecule has 20 heavy (non-hydrogen) atoms. The van der Waals surface area contributed by atoms with Gasteiger partial charge in [0.25, 0.3) is 5.69 Å². The number of carbonyl (C=O) groups is 1. The van der Waals surface area contributed by atoms with Gasteiger partial charge in [0.15, 0.2) is 0 Å². The van der Waals surface area contributed by atoms with Crippen molar-refractivity contribution in [2.75, 3.05) is 19.7 Å². The molecule has 0 bridgehead atoms. The van der Waals surface area contributed by atoms with Crippen LogP contribution in [-0.2, 0) is 6.54 Å². The fourth-order valence-electron chi connectivity index (χ4n) is 2.00. The molecule has 0 aromatic heterocycles. The summed E-state index contributed by atoms with van der Waals surface area (Å²) in [4.78, 5) is 23.4. The van der Waals surface area contributed by atoms with E-state index in [1.165, 1.54) is 12.1 Å². The van der Waals surface area contributed by atoms with Crippen LogP contribution in [0.3, 0.4) is 0 Å². The van der Waals surface area contributed by atoms with Crippen molar-refractivity contribution < 1.29 is 19.9 Å². The number of carboxylic acids is 1. The Kier molecular flexibility index (Phi) is 6.08. The molecule has 0 unspecified atom stereocenters. The molecule has 110 valence electrons. The van der Waals surface area contributed by atoms with Crippen molar-refractivity contribution in [1.29, 1.82) is 0 Å². The second kappa shape index (κ2) is 7.56. The number of nitrogens with zero attached hydrogens (tertiary/aromatic N) is 2. The molecular formula is C13H18N2O5. The van der Waals surface area contributed by atoms with E-state index in [9.17, 15) is 20.0 Å². The van der Waals surface area contributed by atoms with Crippen LogP contribution in [-0.4, -0.2) is 45.7 Å². The molecule has 0 spiro atoms. The van der Waals surface area contributed by atoms with E-state index in [-0.39, 0.29) is 12.2 Å². The predicted molar refractivity (Wildman–Crippen MR) is 72.7 cm³/mol. The molecule has 2 N–H and O–H groups in total. The van der Waals surface area contributed by atoms with Gasteiger partial charge in [-0.05, 0) is 18.5 Å². The first-order valence-corrected chi connectivity index (χ1v) is 6.34. The van der Waals surface area contributed by atoms with Crippen molar-refractivity contribution in [3.8, 4) is 0 Å². The highest BCUT2D eigenvalue weighted by molar-refractivity contribution is 5.94. The average molecular weight is 282 g/mol. The van der Waals surface area contributed by atoms with Crippen LogP contribution in [0.25, 0.3) is 0 Å². The van der Waals surface area contributed by atoms with Gasteiger partial charge in [-0.3, -0.25) is 15.0 Å². The van der Waals surface area contributed by atoms with E-state index in [4.69, 9.17) is 5.11 Å². The number of aliphatic hydroxyl groups is 1.